The number of unbranched alkanes of at least 4 members (excludes halogenated alkanes) is 1. The number of benzene rings is 1. The van der Waals surface area contributed by atoms with E-state index in [4.69, 9.17) is 13.9 Å². The van der Waals surface area contributed by atoms with Crippen LogP contribution in [0.15, 0.2) is 35.1 Å². The van der Waals surface area contributed by atoms with E-state index in [0.717, 1.165) is 37.9 Å². The van der Waals surface area contributed by atoms with E-state index in [1.165, 1.54) is 12.0 Å². The van der Waals surface area contributed by atoms with Gasteiger partial charge in [0.25, 0.3) is 11.8 Å². The SMILES string of the molecule is CCCCN1CCOc2ccccc2CCCCC2(CN(C(=O)c3ocnc3C)CCO2)C1=O. The zero-order valence-electron chi connectivity index (χ0n) is 20.3. The highest BCUT2D eigenvalue weighted by Gasteiger charge is 2.47. The van der Waals surface area contributed by atoms with Crippen molar-refractivity contribution >= 4 is 11.8 Å². The van der Waals surface area contributed by atoms with Gasteiger partial charge in [-0.1, -0.05) is 31.5 Å². The third kappa shape index (κ3) is 5.27. The average Bonchev–Trinajstić information content (AvgIpc) is 3.29. The summed E-state index contributed by atoms with van der Waals surface area (Å²) >= 11 is 0. The van der Waals surface area contributed by atoms with E-state index in [2.05, 4.69) is 18.0 Å². The first-order valence-electron chi connectivity index (χ1n) is 12.4. The fraction of sp³-hybridized carbons (Fsp3) is 0.577. The smallest absolute Gasteiger partial charge is 0.291 e. The summed E-state index contributed by atoms with van der Waals surface area (Å²) in [5.74, 6) is 0.832. The van der Waals surface area contributed by atoms with Gasteiger partial charge in [-0.05, 0) is 50.7 Å². The maximum atomic E-state index is 14.0. The largest absolute Gasteiger partial charge is 0.491 e. The number of amides is 2. The van der Waals surface area contributed by atoms with Gasteiger partial charge >= 0.3 is 0 Å². The van der Waals surface area contributed by atoms with Crippen molar-refractivity contribution in [3.63, 3.8) is 0 Å². The number of nitrogens with zero attached hydrogens (tertiary/aromatic N) is 3. The Balaban J connectivity index is 1.59. The number of fused-ring (bicyclic) bond motifs is 1. The van der Waals surface area contributed by atoms with Crippen molar-refractivity contribution in [1.82, 2.24) is 14.8 Å². The third-order valence-electron chi connectivity index (χ3n) is 6.74. The second kappa shape index (κ2) is 11.0. The molecule has 1 fully saturated rings. The van der Waals surface area contributed by atoms with Gasteiger partial charge < -0.3 is 23.7 Å². The minimum atomic E-state index is -1.06. The van der Waals surface area contributed by atoms with E-state index in [9.17, 15) is 9.59 Å². The van der Waals surface area contributed by atoms with Crippen molar-refractivity contribution in [3.8, 4) is 5.75 Å². The number of rotatable bonds is 4. The molecular weight excluding hydrogens is 434 g/mol. The number of carbonyl (C=O) groups is 2. The summed E-state index contributed by atoms with van der Waals surface area (Å²) in [6.07, 6.45) is 6.32. The molecule has 1 spiro atoms. The lowest BCUT2D eigenvalue weighted by atomic mass is 9.90. The monoisotopic (exact) mass is 469 g/mol. The second-order valence-corrected chi connectivity index (χ2v) is 9.15. The van der Waals surface area contributed by atoms with Crippen LogP contribution in [0, 0.1) is 6.92 Å². The molecule has 0 radical (unpaired) electrons. The van der Waals surface area contributed by atoms with Crippen LogP contribution in [-0.2, 0) is 16.0 Å². The Hall–Kier alpha value is -2.87. The first kappa shape index (κ1) is 24.3. The van der Waals surface area contributed by atoms with Gasteiger partial charge in [-0.3, -0.25) is 9.59 Å². The molecule has 0 bridgehead atoms. The molecule has 8 heteroatoms. The lowest BCUT2D eigenvalue weighted by Crippen LogP contribution is -2.62. The number of aromatic nitrogens is 1. The van der Waals surface area contributed by atoms with Gasteiger partial charge in [0.2, 0.25) is 5.76 Å². The number of hydrogen-bond donors (Lipinski definition) is 0. The molecule has 2 aromatic rings. The summed E-state index contributed by atoms with van der Waals surface area (Å²) in [5, 5.41) is 0. The molecule has 184 valence electrons. The summed E-state index contributed by atoms with van der Waals surface area (Å²) in [5.41, 5.74) is 0.676. The van der Waals surface area contributed by atoms with Crippen molar-refractivity contribution in [2.45, 2.75) is 58.0 Å². The predicted molar refractivity (Wildman–Crippen MR) is 127 cm³/mol. The van der Waals surface area contributed by atoms with E-state index in [-0.39, 0.29) is 24.1 Å². The highest BCUT2D eigenvalue weighted by Crippen LogP contribution is 2.30. The topological polar surface area (TPSA) is 85.1 Å². The minimum Gasteiger partial charge on any atom is -0.491 e. The van der Waals surface area contributed by atoms with Crippen molar-refractivity contribution in [1.29, 1.82) is 0 Å². The van der Waals surface area contributed by atoms with E-state index < -0.39 is 5.60 Å². The number of morpholine rings is 1. The second-order valence-electron chi connectivity index (χ2n) is 9.15. The molecular formula is C26H35N3O5. The van der Waals surface area contributed by atoms with E-state index in [1.807, 2.05) is 23.1 Å². The van der Waals surface area contributed by atoms with Crippen LogP contribution in [-0.4, -0.2) is 71.6 Å². The fourth-order valence-corrected chi connectivity index (χ4v) is 4.79. The molecule has 0 saturated carbocycles. The zero-order chi connectivity index (χ0) is 24.0. The molecule has 1 atom stereocenters. The molecule has 0 N–H and O–H groups in total. The van der Waals surface area contributed by atoms with E-state index in [0.29, 0.717) is 45.0 Å². The number of aryl methyl sites for hydroxylation is 2. The molecule has 1 unspecified atom stereocenters. The molecule has 8 nitrogen and oxygen atoms in total. The third-order valence-corrected chi connectivity index (χ3v) is 6.74. The van der Waals surface area contributed by atoms with Crippen molar-refractivity contribution in [2.24, 2.45) is 0 Å². The number of oxazole rings is 1. The van der Waals surface area contributed by atoms with Gasteiger partial charge in [0.05, 0.1) is 25.4 Å². The Kier molecular flexibility index (Phi) is 7.88. The van der Waals surface area contributed by atoms with Crippen molar-refractivity contribution < 1.29 is 23.5 Å². The van der Waals surface area contributed by atoms with Crippen molar-refractivity contribution in [3.05, 3.63) is 47.7 Å². The van der Waals surface area contributed by atoms with Gasteiger partial charge in [-0.2, -0.15) is 0 Å². The van der Waals surface area contributed by atoms with Crippen LogP contribution >= 0.6 is 0 Å². The summed E-state index contributed by atoms with van der Waals surface area (Å²) in [4.78, 5) is 34.8. The van der Waals surface area contributed by atoms with Crippen LogP contribution in [0.5, 0.6) is 5.75 Å². The number of para-hydroxylation sites is 1. The number of hydrogen-bond acceptors (Lipinski definition) is 6. The zero-order valence-corrected chi connectivity index (χ0v) is 20.3. The van der Waals surface area contributed by atoms with Crippen LogP contribution in [0.3, 0.4) is 0 Å². The summed E-state index contributed by atoms with van der Waals surface area (Å²) in [6.45, 7) is 6.34. The fourth-order valence-electron chi connectivity index (χ4n) is 4.79. The van der Waals surface area contributed by atoms with Crippen LogP contribution in [0.2, 0.25) is 0 Å². The maximum absolute atomic E-state index is 14.0. The first-order valence-corrected chi connectivity index (χ1v) is 12.4. The quantitative estimate of drug-likeness (QED) is 0.680. The number of carbonyl (C=O) groups excluding carboxylic acids is 2. The molecule has 0 aliphatic carbocycles. The summed E-state index contributed by atoms with van der Waals surface area (Å²) in [6, 6.07) is 8.12. The Bertz CT molecular complexity index is 990. The summed E-state index contributed by atoms with van der Waals surface area (Å²) < 4.78 is 17.7. The Morgan fingerprint density at radius 2 is 2.03 bits per heavy atom. The highest BCUT2D eigenvalue weighted by atomic mass is 16.5. The molecule has 34 heavy (non-hydrogen) atoms. The van der Waals surface area contributed by atoms with Gasteiger partial charge in [0, 0.05) is 13.1 Å². The van der Waals surface area contributed by atoms with Gasteiger partial charge in [-0.25, -0.2) is 4.98 Å². The van der Waals surface area contributed by atoms with Gasteiger partial charge in [0.1, 0.15) is 12.4 Å². The van der Waals surface area contributed by atoms with Crippen LogP contribution in [0.25, 0.3) is 0 Å². The molecule has 4 rings (SSSR count). The van der Waals surface area contributed by atoms with Crippen LogP contribution in [0.1, 0.15) is 60.8 Å². The van der Waals surface area contributed by atoms with Gasteiger partial charge in [-0.15, -0.1) is 0 Å². The van der Waals surface area contributed by atoms with E-state index >= 15 is 0 Å². The number of ether oxygens (including phenoxy) is 2. The van der Waals surface area contributed by atoms with Gasteiger partial charge in [0.15, 0.2) is 12.0 Å². The maximum Gasteiger partial charge on any atom is 0.291 e. The average molecular weight is 470 g/mol. The highest BCUT2D eigenvalue weighted by molar-refractivity contribution is 5.93. The molecule has 2 aliphatic rings. The lowest BCUT2D eigenvalue weighted by molar-refractivity contribution is -0.170. The molecule has 1 aromatic heterocycles. The van der Waals surface area contributed by atoms with Crippen LogP contribution in [0.4, 0.5) is 0 Å². The standard InChI is InChI=1S/C26H35N3O5/c1-3-4-13-28-14-16-32-22-11-6-5-9-21(22)10-7-8-12-26(25(28)31)18-29(15-17-34-26)24(30)23-20(2)27-19-33-23/h5-6,9,11,19H,3-4,7-8,10,12-18H2,1-2H3. The molecule has 3 heterocycles. The Morgan fingerprint density at radius 3 is 2.82 bits per heavy atom. The lowest BCUT2D eigenvalue weighted by Gasteiger charge is -2.44. The molecule has 2 aliphatic heterocycles. The minimum absolute atomic E-state index is 0.0507. The van der Waals surface area contributed by atoms with E-state index in [1.54, 1.807) is 11.8 Å². The van der Waals surface area contributed by atoms with Crippen molar-refractivity contribution in [2.75, 3.05) is 39.4 Å². The molecule has 2 amide bonds. The molecule has 1 saturated heterocycles. The first-order chi connectivity index (χ1) is 16.5. The normalized spacial score (nSPS) is 22.0. The Labute approximate surface area is 201 Å². The summed E-state index contributed by atoms with van der Waals surface area (Å²) in [7, 11) is 0. The predicted octanol–water partition coefficient (Wildman–Crippen LogP) is 3.63. The van der Waals surface area contributed by atoms with Crippen LogP contribution < -0.4 is 4.74 Å². The Morgan fingerprint density at radius 1 is 1.18 bits per heavy atom. The molecule has 1 aromatic carbocycles.